The van der Waals surface area contributed by atoms with Crippen molar-refractivity contribution < 1.29 is 27.9 Å². The number of ether oxygens (including phenoxy) is 1. The summed E-state index contributed by atoms with van der Waals surface area (Å²) in [5, 5.41) is 14.4. The van der Waals surface area contributed by atoms with Crippen molar-refractivity contribution in [1.29, 1.82) is 0 Å². The molecule has 0 aromatic heterocycles. The predicted octanol–water partition coefficient (Wildman–Crippen LogP) is -0.124. The van der Waals surface area contributed by atoms with Crippen LogP contribution in [0.15, 0.2) is 17.0 Å². The van der Waals surface area contributed by atoms with Gasteiger partial charge in [0.05, 0.1) is 18.1 Å². The van der Waals surface area contributed by atoms with E-state index in [9.17, 15) is 23.1 Å². The van der Waals surface area contributed by atoms with Crippen LogP contribution in [0.2, 0.25) is 0 Å². The van der Waals surface area contributed by atoms with E-state index in [1.807, 2.05) is 0 Å². The van der Waals surface area contributed by atoms with E-state index < -0.39 is 27.9 Å². The molecule has 126 valence electrons. The number of nitrogens with zero attached hydrogens (tertiary/aromatic N) is 1. The number of carbonyl (C=O) groups is 2. The van der Waals surface area contributed by atoms with Crippen molar-refractivity contribution in [3.63, 3.8) is 0 Å². The van der Waals surface area contributed by atoms with Gasteiger partial charge < -0.3 is 14.7 Å². The number of rotatable bonds is 3. The highest BCUT2D eigenvalue weighted by Crippen LogP contribution is 2.22. The molecule has 0 unspecified atom stereocenters. The predicted molar refractivity (Wildman–Crippen MR) is 80.6 cm³/mol. The van der Waals surface area contributed by atoms with Gasteiger partial charge in [-0.05, 0) is 37.1 Å². The SMILES string of the molecule is Cc1cc(C(=O)N2CCOC[C@H]2C(=O)O)cc(S(N)(=O)=O)c1C. The summed E-state index contributed by atoms with van der Waals surface area (Å²) in [6, 6.07) is 1.62. The summed E-state index contributed by atoms with van der Waals surface area (Å²) in [7, 11) is -3.98. The maximum atomic E-state index is 12.6. The van der Waals surface area contributed by atoms with Crippen molar-refractivity contribution in [3.05, 3.63) is 28.8 Å². The molecule has 1 aliphatic heterocycles. The number of morpholine rings is 1. The third-order valence-corrected chi connectivity index (χ3v) is 4.88. The molecule has 1 aromatic carbocycles. The molecular weight excluding hydrogens is 324 g/mol. The average Bonchev–Trinajstić information content (AvgIpc) is 2.47. The zero-order valence-electron chi connectivity index (χ0n) is 12.8. The molecule has 23 heavy (non-hydrogen) atoms. The fourth-order valence-corrected chi connectivity index (χ4v) is 3.34. The monoisotopic (exact) mass is 342 g/mol. The Morgan fingerprint density at radius 3 is 2.57 bits per heavy atom. The smallest absolute Gasteiger partial charge is 0.328 e. The Bertz CT molecular complexity index is 759. The fraction of sp³-hybridized carbons (Fsp3) is 0.429. The Hall–Kier alpha value is -1.97. The minimum Gasteiger partial charge on any atom is -0.480 e. The lowest BCUT2D eigenvalue weighted by atomic mass is 10.0. The molecule has 2 rings (SSSR count). The summed E-state index contributed by atoms with van der Waals surface area (Å²) in [6.45, 7) is 3.50. The number of hydrogen-bond donors (Lipinski definition) is 2. The Morgan fingerprint density at radius 2 is 2.00 bits per heavy atom. The molecule has 0 spiro atoms. The Balaban J connectivity index is 2.47. The normalized spacial score (nSPS) is 18.7. The van der Waals surface area contributed by atoms with E-state index in [4.69, 9.17) is 9.88 Å². The van der Waals surface area contributed by atoms with E-state index in [1.165, 1.54) is 17.0 Å². The summed E-state index contributed by atoms with van der Waals surface area (Å²) in [6.07, 6.45) is 0. The van der Waals surface area contributed by atoms with Gasteiger partial charge in [-0.25, -0.2) is 18.4 Å². The number of aryl methyl sites for hydroxylation is 1. The van der Waals surface area contributed by atoms with Gasteiger partial charge in [0.1, 0.15) is 0 Å². The van der Waals surface area contributed by atoms with Gasteiger partial charge >= 0.3 is 5.97 Å². The largest absolute Gasteiger partial charge is 0.480 e. The second-order valence-corrected chi connectivity index (χ2v) is 6.92. The second kappa shape index (κ2) is 6.26. The number of carboxylic acid groups (broad SMARTS) is 1. The van der Waals surface area contributed by atoms with Crippen LogP contribution >= 0.6 is 0 Å². The Morgan fingerprint density at radius 1 is 1.35 bits per heavy atom. The molecule has 3 N–H and O–H groups in total. The van der Waals surface area contributed by atoms with Crippen LogP contribution in [0.5, 0.6) is 0 Å². The van der Waals surface area contributed by atoms with Gasteiger partial charge in [0.25, 0.3) is 5.91 Å². The molecule has 0 saturated carbocycles. The van der Waals surface area contributed by atoms with E-state index in [2.05, 4.69) is 0 Å². The molecule has 0 aliphatic carbocycles. The number of amides is 1. The first-order chi connectivity index (χ1) is 10.6. The quantitative estimate of drug-likeness (QED) is 0.788. The third-order valence-electron chi connectivity index (χ3n) is 3.85. The molecular formula is C14H18N2O6S. The Kier molecular flexibility index (Phi) is 4.73. The topological polar surface area (TPSA) is 127 Å². The summed E-state index contributed by atoms with van der Waals surface area (Å²) in [4.78, 5) is 24.9. The molecule has 0 radical (unpaired) electrons. The highest BCUT2D eigenvalue weighted by molar-refractivity contribution is 7.89. The summed E-state index contributed by atoms with van der Waals surface area (Å²) < 4.78 is 28.4. The van der Waals surface area contributed by atoms with Crippen molar-refractivity contribution in [2.24, 2.45) is 5.14 Å². The van der Waals surface area contributed by atoms with Crippen LogP contribution in [0, 0.1) is 13.8 Å². The molecule has 1 atom stereocenters. The molecule has 1 aromatic rings. The number of sulfonamides is 1. The average molecular weight is 342 g/mol. The minimum absolute atomic E-state index is 0.0882. The number of benzene rings is 1. The van der Waals surface area contributed by atoms with Crippen LogP contribution in [-0.4, -0.2) is 56.1 Å². The second-order valence-electron chi connectivity index (χ2n) is 5.39. The molecule has 0 bridgehead atoms. The fourth-order valence-electron chi connectivity index (χ4n) is 2.46. The lowest BCUT2D eigenvalue weighted by molar-refractivity contribution is -0.147. The first kappa shape index (κ1) is 17.4. The van der Waals surface area contributed by atoms with E-state index in [1.54, 1.807) is 13.8 Å². The van der Waals surface area contributed by atoms with Gasteiger partial charge in [-0.15, -0.1) is 0 Å². The van der Waals surface area contributed by atoms with Crippen molar-refractivity contribution in [1.82, 2.24) is 4.90 Å². The van der Waals surface area contributed by atoms with E-state index in [0.29, 0.717) is 11.1 Å². The standard InChI is InChI=1S/C14H18N2O6S/c1-8-5-10(6-12(9(8)2)23(15,20)21)13(17)16-3-4-22-7-11(16)14(18)19/h5-6,11H,3-4,7H2,1-2H3,(H,18,19)(H2,15,20,21)/t11-/m0/s1. The van der Waals surface area contributed by atoms with Gasteiger partial charge in [-0.3, -0.25) is 4.79 Å². The molecule has 1 heterocycles. The molecule has 1 amide bonds. The van der Waals surface area contributed by atoms with E-state index >= 15 is 0 Å². The lowest BCUT2D eigenvalue weighted by Gasteiger charge is -2.33. The molecule has 8 nitrogen and oxygen atoms in total. The van der Waals surface area contributed by atoms with Gasteiger partial charge in [0.2, 0.25) is 10.0 Å². The summed E-state index contributed by atoms with van der Waals surface area (Å²) >= 11 is 0. The molecule has 1 fully saturated rings. The van der Waals surface area contributed by atoms with Gasteiger partial charge in [-0.2, -0.15) is 0 Å². The number of carbonyl (C=O) groups excluding carboxylic acids is 1. The van der Waals surface area contributed by atoms with E-state index in [-0.39, 0.29) is 30.2 Å². The van der Waals surface area contributed by atoms with Crippen LogP contribution in [0.3, 0.4) is 0 Å². The van der Waals surface area contributed by atoms with E-state index in [0.717, 1.165) is 0 Å². The zero-order valence-corrected chi connectivity index (χ0v) is 13.6. The van der Waals surface area contributed by atoms with Crippen molar-refractivity contribution in [3.8, 4) is 0 Å². The maximum absolute atomic E-state index is 12.6. The molecule has 9 heteroatoms. The molecule has 1 aliphatic rings. The first-order valence-corrected chi connectivity index (χ1v) is 8.43. The summed E-state index contributed by atoms with van der Waals surface area (Å²) in [5.74, 6) is -1.73. The third kappa shape index (κ3) is 3.52. The highest BCUT2D eigenvalue weighted by atomic mass is 32.2. The van der Waals surface area contributed by atoms with Crippen LogP contribution in [0.4, 0.5) is 0 Å². The number of primary sulfonamides is 1. The lowest BCUT2D eigenvalue weighted by Crippen LogP contribution is -2.52. The van der Waals surface area contributed by atoms with Crippen molar-refractivity contribution >= 4 is 21.9 Å². The highest BCUT2D eigenvalue weighted by Gasteiger charge is 2.33. The van der Waals surface area contributed by atoms with Gasteiger partial charge in [0.15, 0.2) is 6.04 Å². The maximum Gasteiger partial charge on any atom is 0.328 e. The van der Waals surface area contributed by atoms with Gasteiger partial charge in [0, 0.05) is 12.1 Å². The zero-order chi connectivity index (χ0) is 17.4. The van der Waals surface area contributed by atoms with Gasteiger partial charge in [-0.1, -0.05) is 0 Å². The number of hydrogen-bond acceptors (Lipinski definition) is 5. The van der Waals surface area contributed by atoms with Crippen molar-refractivity contribution in [2.45, 2.75) is 24.8 Å². The van der Waals surface area contributed by atoms with Crippen LogP contribution < -0.4 is 5.14 Å². The van der Waals surface area contributed by atoms with Crippen LogP contribution in [-0.2, 0) is 19.6 Å². The number of carboxylic acids is 1. The van der Waals surface area contributed by atoms with Crippen LogP contribution in [0.1, 0.15) is 21.5 Å². The van der Waals surface area contributed by atoms with Crippen LogP contribution in [0.25, 0.3) is 0 Å². The minimum atomic E-state index is -3.98. The first-order valence-electron chi connectivity index (χ1n) is 6.88. The number of nitrogens with two attached hydrogens (primary N) is 1. The Labute approximate surface area is 133 Å². The van der Waals surface area contributed by atoms with Crippen molar-refractivity contribution in [2.75, 3.05) is 19.8 Å². The summed E-state index contributed by atoms with van der Waals surface area (Å²) in [5.41, 5.74) is 1.13. The number of aliphatic carboxylic acids is 1. The molecule has 1 saturated heterocycles.